The molecule has 86 valence electrons. The summed E-state index contributed by atoms with van der Waals surface area (Å²) in [5, 5.41) is 11.2. The van der Waals surface area contributed by atoms with Gasteiger partial charge in [-0.1, -0.05) is 15.9 Å². The molecule has 5 nitrogen and oxygen atoms in total. The van der Waals surface area contributed by atoms with Crippen LogP contribution in [0, 0.1) is 10.1 Å². The van der Waals surface area contributed by atoms with Crippen molar-refractivity contribution in [2.45, 2.75) is 19.5 Å². The lowest BCUT2D eigenvalue weighted by molar-refractivity contribution is -0.385. The van der Waals surface area contributed by atoms with E-state index in [2.05, 4.69) is 15.9 Å². The SMILES string of the molecule is O=[N+]([O-])c1ccc2c(c1)CO[C@@H](CBr)OC2. The predicted molar refractivity (Wildman–Crippen MR) is 60.3 cm³/mol. The molecule has 0 saturated carbocycles. The fraction of sp³-hybridized carbons (Fsp3) is 0.400. The number of rotatable bonds is 2. The van der Waals surface area contributed by atoms with Crippen molar-refractivity contribution >= 4 is 21.6 Å². The molecule has 0 bridgehead atoms. The Bertz CT molecular complexity index is 410. The summed E-state index contributed by atoms with van der Waals surface area (Å²) >= 11 is 3.27. The molecule has 0 spiro atoms. The van der Waals surface area contributed by atoms with Gasteiger partial charge >= 0.3 is 0 Å². The summed E-state index contributed by atoms with van der Waals surface area (Å²) in [7, 11) is 0. The van der Waals surface area contributed by atoms with Gasteiger partial charge in [0.25, 0.3) is 5.69 Å². The first-order valence-electron chi connectivity index (χ1n) is 4.76. The van der Waals surface area contributed by atoms with Crippen LogP contribution >= 0.6 is 15.9 Å². The van der Waals surface area contributed by atoms with E-state index in [9.17, 15) is 10.1 Å². The molecule has 0 amide bonds. The van der Waals surface area contributed by atoms with Crippen LogP contribution in [0.15, 0.2) is 18.2 Å². The average Bonchev–Trinajstić information content (AvgIpc) is 2.50. The molecule has 16 heavy (non-hydrogen) atoms. The zero-order valence-electron chi connectivity index (χ0n) is 8.39. The van der Waals surface area contributed by atoms with E-state index in [1.807, 2.05) is 0 Å². The minimum atomic E-state index is -0.409. The standard InChI is InChI=1S/C10H10BrNO4/c11-4-10-15-5-7-1-2-9(12(13)14)3-8(7)6-16-10/h1-3,10H,4-6H2/t10-/m0/s1. The quantitative estimate of drug-likeness (QED) is 0.476. The van der Waals surface area contributed by atoms with Crippen LogP contribution in [0.2, 0.25) is 0 Å². The van der Waals surface area contributed by atoms with Gasteiger partial charge in [0.05, 0.1) is 23.5 Å². The molecule has 1 aliphatic heterocycles. The number of fused-ring (bicyclic) bond motifs is 1. The summed E-state index contributed by atoms with van der Waals surface area (Å²) in [4.78, 5) is 10.2. The maximum Gasteiger partial charge on any atom is 0.269 e. The van der Waals surface area contributed by atoms with E-state index in [1.165, 1.54) is 12.1 Å². The van der Waals surface area contributed by atoms with E-state index < -0.39 is 4.92 Å². The molecule has 6 heteroatoms. The number of ether oxygens (including phenoxy) is 2. The second-order valence-corrected chi connectivity index (χ2v) is 4.06. The van der Waals surface area contributed by atoms with Crippen molar-refractivity contribution in [1.82, 2.24) is 0 Å². The van der Waals surface area contributed by atoms with E-state index in [0.717, 1.165) is 11.1 Å². The maximum atomic E-state index is 10.6. The average molecular weight is 288 g/mol. The van der Waals surface area contributed by atoms with Crippen LogP contribution < -0.4 is 0 Å². The largest absolute Gasteiger partial charge is 0.347 e. The smallest absolute Gasteiger partial charge is 0.269 e. The number of nitro groups is 1. The van der Waals surface area contributed by atoms with Crippen molar-refractivity contribution in [2.24, 2.45) is 0 Å². The van der Waals surface area contributed by atoms with Crippen LogP contribution in [0.25, 0.3) is 0 Å². The summed E-state index contributed by atoms with van der Waals surface area (Å²) in [6.07, 6.45) is -0.300. The Morgan fingerprint density at radius 1 is 1.38 bits per heavy atom. The first kappa shape index (κ1) is 11.5. The van der Waals surface area contributed by atoms with Crippen LogP contribution in [0.1, 0.15) is 11.1 Å². The molecule has 0 aromatic heterocycles. The third-order valence-electron chi connectivity index (χ3n) is 2.38. The Labute approximate surface area is 101 Å². The van der Waals surface area contributed by atoms with Crippen LogP contribution in [-0.2, 0) is 22.7 Å². The van der Waals surface area contributed by atoms with Crippen LogP contribution in [0.5, 0.6) is 0 Å². The van der Waals surface area contributed by atoms with Crippen LogP contribution in [0.3, 0.4) is 0 Å². The van der Waals surface area contributed by atoms with Crippen molar-refractivity contribution in [3.63, 3.8) is 0 Å². The normalized spacial score (nSPS) is 19.9. The van der Waals surface area contributed by atoms with Gasteiger partial charge in [-0.2, -0.15) is 0 Å². The lowest BCUT2D eigenvalue weighted by Crippen LogP contribution is -2.15. The molecule has 2 rings (SSSR count). The Morgan fingerprint density at radius 3 is 2.69 bits per heavy atom. The number of benzene rings is 1. The van der Waals surface area contributed by atoms with E-state index in [0.29, 0.717) is 18.5 Å². The molecule has 1 heterocycles. The molecule has 1 atom stereocenters. The molecular weight excluding hydrogens is 278 g/mol. The lowest BCUT2D eigenvalue weighted by Gasteiger charge is -2.10. The Morgan fingerprint density at radius 2 is 2.06 bits per heavy atom. The minimum Gasteiger partial charge on any atom is -0.347 e. The molecular formula is C10H10BrNO4. The van der Waals surface area contributed by atoms with Gasteiger partial charge in [-0.15, -0.1) is 0 Å². The number of alkyl halides is 1. The van der Waals surface area contributed by atoms with Gasteiger partial charge in [0.1, 0.15) is 0 Å². The highest BCUT2D eigenvalue weighted by Gasteiger charge is 2.18. The van der Waals surface area contributed by atoms with Gasteiger partial charge in [0.2, 0.25) is 0 Å². The minimum absolute atomic E-state index is 0.0830. The van der Waals surface area contributed by atoms with Crippen molar-refractivity contribution in [3.8, 4) is 0 Å². The van der Waals surface area contributed by atoms with Gasteiger partial charge in [0.15, 0.2) is 6.29 Å². The monoisotopic (exact) mass is 287 g/mol. The summed E-state index contributed by atoms with van der Waals surface area (Å²) in [5.41, 5.74) is 1.84. The first-order chi connectivity index (χ1) is 7.70. The molecule has 1 aromatic rings. The number of hydrogen-bond acceptors (Lipinski definition) is 4. The maximum absolute atomic E-state index is 10.6. The highest BCUT2D eigenvalue weighted by molar-refractivity contribution is 9.09. The second kappa shape index (κ2) is 4.90. The first-order valence-corrected chi connectivity index (χ1v) is 5.88. The van der Waals surface area contributed by atoms with Crippen LogP contribution in [0.4, 0.5) is 5.69 Å². The summed E-state index contributed by atoms with van der Waals surface area (Å²) in [6.45, 7) is 0.761. The van der Waals surface area contributed by atoms with E-state index in [4.69, 9.17) is 9.47 Å². The third-order valence-corrected chi connectivity index (χ3v) is 2.90. The number of nitrogens with zero attached hydrogens (tertiary/aromatic N) is 1. The summed E-state index contributed by atoms with van der Waals surface area (Å²) < 4.78 is 10.9. The van der Waals surface area contributed by atoms with Crippen molar-refractivity contribution in [3.05, 3.63) is 39.4 Å². The van der Waals surface area contributed by atoms with Crippen molar-refractivity contribution in [2.75, 3.05) is 5.33 Å². The van der Waals surface area contributed by atoms with Gasteiger partial charge < -0.3 is 9.47 Å². The zero-order chi connectivity index (χ0) is 11.5. The van der Waals surface area contributed by atoms with Gasteiger partial charge in [-0.3, -0.25) is 10.1 Å². The number of hydrogen-bond donors (Lipinski definition) is 0. The molecule has 0 unspecified atom stereocenters. The highest BCUT2D eigenvalue weighted by atomic mass is 79.9. The summed E-state index contributed by atoms with van der Waals surface area (Å²) in [5.74, 6) is 0. The fourth-order valence-electron chi connectivity index (χ4n) is 1.50. The van der Waals surface area contributed by atoms with E-state index in [-0.39, 0.29) is 12.0 Å². The molecule has 0 N–H and O–H groups in total. The third kappa shape index (κ3) is 2.40. The summed E-state index contributed by atoms with van der Waals surface area (Å²) in [6, 6.07) is 4.74. The van der Waals surface area contributed by atoms with Gasteiger partial charge in [0, 0.05) is 12.1 Å². The molecule has 1 aliphatic rings. The molecule has 0 radical (unpaired) electrons. The Balaban J connectivity index is 2.25. The van der Waals surface area contributed by atoms with Crippen LogP contribution in [-0.4, -0.2) is 16.5 Å². The Kier molecular flexibility index (Phi) is 3.52. The topological polar surface area (TPSA) is 61.6 Å². The zero-order valence-corrected chi connectivity index (χ0v) is 9.97. The lowest BCUT2D eigenvalue weighted by atomic mass is 10.1. The van der Waals surface area contributed by atoms with E-state index in [1.54, 1.807) is 6.07 Å². The van der Waals surface area contributed by atoms with Crippen molar-refractivity contribution < 1.29 is 14.4 Å². The number of halogens is 1. The van der Waals surface area contributed by atoms with Crippen molar-refractivity contribution in [1.29, 1.82) is 0 Å². The predicted octanol–water partition coefficient (Wildman–Crippen LogP) is 2.36. The molecule has 0 fully saturated rings. The fourth-order valence-corrected chi connectivity index (χ4v) is 1.88. The Hall–Kier alpha value is -0.980. The molecule has 0 aliphatic carbocycles. The van der Waals surface area contributed by atoms with Gasteiger partial charge in [-0.05, 0) is 17.2 Å². The number of nitro benzene ring substituents is 1. The molecule has 1 aromatic carbocycles. The second-order valence-electron chi connectivity index (χ2n) is 3.42. The van der Waals surface area contributed by atoms with Gasteiger partial charge in [-0.25, -0.2) is 0 Å². The highest BCUT2D eigenvalue weighted by Crippen LogP contribution is 2.23. The number of non-ortho nitro benzene ring substituents is 1. The van der Waals surface area contributed by atoms with E-state index >= 15 is 0 Å². The molecule has 0 saturated heterocycles.